The van der Waals surface area contributed by atoms with Crippen LogP contribution >= 0.6 is 0 Å². The number of rotatable bonds is 9. The van der Waals surface area contributed by atoms with Crippen LogP contribution < -0.4 is 10.2 Å². The minimum absolute atomic E-state index is 0.121. The zero-order valence-electron chi connectivity index (χ0n) is 17.7. The molecular formula is C25H24F2N2O3. The van der Waals surface area contributed by atoms with Crippen LogP contribution in [0.5, 0.6) is 0 Å². The van der Waals surface area contributed by atoms with Gasteiger partial charge >= 0.3 is 0 Å². The first kappa shape index (κ1) is 23.1. The molecule has 2 amide bonds. The monoisotopic (exact) mass is 438 g/mol. The van der Waals surface area contributed by atoms with E-state index in [2.05, 4.69) is 5.32 Å². The average molecular weight is 438 g/mol. The first-order valence-electron chi connectivity index (χ1n) is 10.1. The molecule has 7 heteroatoms. The maximum Gasteiger partial charge on any atom is 0.261 e. The van der Waals surface area contributed by atoms with Crippen molar-refractivity contribution < 1.29 is 23.1 Å². The highest BCUT2D eigenvalue weighted by Crippen LogP contribution is 2.23. The lowest BCUT2D eigenvalue weighted by molar-refractivity contribution is -0.120. The SMILES string of the molecule is COCCNC(=O)Cc1cccc(N(Cc2ccccc2)C(=O)c2ccc(F)cc2F)c1. The predicted molar refractivity (Wildman–Crippen MR) is 118 cm³/mol. The smallest absolute Gasteiger partial charge is 0.261 e. The van der Waals surface area contributed by atoms with Gasteiger partial charge in [-0.25, -0.2) is 8.78 Å². The molecule has 0 bridgehead atoms. The number of carbonyl (C=O) groups is 2. The second-order valence-corrected chi connectivity index (χ2v) is 7.19. The topological polar surface area (TPSA) is 58.6 Å². The normalized spacial score (nSPS) is 10.6. The van der Waals surface area contributed by atoms with Crippen LogP contribution in [0.3, 0.4) is 0 Å². The van der Waals surface area contributed by atoms with E-state index in [1.165, 1.54) is 4.90 Å². The third-order valence-electron chi connectivity index (χ3n) is 4.81. The minimum atomic E-state index is -0.929. The lowest BCUT2D eigenvalue weighted by Gasteiger charge is -2.24. The van der Waals surface area contributed by atoms with Crippen LogP contribution in [0, 0.1) is 11.6 Å². The fraction of sp³-hybridized carbons (Fsp3) is 0.200. The van der Waals surface area contributed by atoms with Gasteiger partial charge in [0.15, 0.2) is 0 Å². The van der Waals surface area contributed by atoms with E-state index in [1.807, 2.05) is 30.3 Å². The third-order valence-corrected chi connectivity index (χ3v) is 4.81. The van der Waals surface area contributed by atoms with Crippen molar-refractivity contribution in [3.05, 3.63) is 101 Å². The summed E-state index contributed by atoms with van der Waals surface area (Å²) >= 11 is 0. The molecular weight excluding hydrogens is 414 g/mol. The summed E-state index contributed by atoms with van der Waals surface area (Å²) in [5.74, 6) is -2.46. The van der Waals surface area contributed by atoms with Crippen molar-refractivity contribution in [2.75, 3.05) is 25.2 Å². The number of nitrogens with zero attached hydrogens (tertiary/aromatic N) is 1. The predicted octanol–water partition coefficient (Wildman–Crippen LogP) is 4.12. The number of hydrogen-bond donors (Lipinski definition) is 1. The Hall–Kier alpha value is -3.58. The van der Waals surface area contributed by atoms with Crippen LogP contribution in [0.2, 0.25) is 0 Å². The Morgan fingerprint density at radius 1 is 0.938 bits per heavy atom. The van der Waals surface area contributed by atoms with Gasteiger partial charge in [0.05, 0.1) is 25.1 Å². The van der Waals surface area contributed by atoms with E-state index >= 15 is 0 Å². The van der Waals surface area contributed by atoms with E-state index in [1.54, 1.807) is 31.4 Å². The van der Waals surface area contributed by atoms with Crippen LogP contribution in [0.4, 0.5) is 14.5 Å². The van der Waals surface area contributed by atoms with Gasteiger partial charge < -0.3 is 15.0 Å². The Labute approximate surface area is 185 Å². The largest absolute Gasteiger partial charge is 0.383 e. The molecule has 0 unspecified atom stereocenters. The van der Waals surface area contributed by atoms with Gasteiger partial charge in [-0.3, -0.25) is 9.59 Å². The van der Waals surface area contributed by atoms with Crippen LogP contribution in [0.25, 0.3) is 0 Å². The molecule has 0 heterocycles. The highest BCUT2D eigenvalue weighted by Gasteiger charge is 2.22. The van der Waals surface area contributed by atoms with E-state index in [-0.39, 0.29) is 24.4 Å². The van der Waals surface area contributed by atoms with E-state index in [4.69, 9.17) is 4.74 Å². The van der Waals surface area contributed by atoms with Gasteiger partial charge in [-0.2, -0.15) is 0 Å². The molecule has 0 atom stereocenters. The maximum absolute atomic E-state index is 14.4. The van der Waals surface area contributed by atoms with Gasteiger partial charge in [-0.15, -0.1) is 0 Å². The first-order valence-corrected chi connectivity index (χ1v) is 10.1. The van der Waals surface area contributed by atoms with Gasteiger partial charge in [-0.05, 0) is 35.4 Å². The summed E-state index contributed by atoms with van der Waals surface area (Å²) in [4.78, 5) is 26.8. The second kappa shape index (κ2) is 11.2. The summed E-state index contributed by atoms with van der Waals surface area (Å²) in [5.41, 5.74) is 1.81. The molecule has 3 rings (SSSR count). The molecule has 0 radical (unpaired) electrons. The van der Waals surface area contributed by atoms with Crippen molar-refractivity contribution >= 4 is 17.5 Å². The van der Waals surface area contributed by atoms with Gasteiger partial charge in [0.1, 0.15) is 11.6 Å². The summed E-state index contributed by atoms with van der Waals surface area (Å²) in [5, 5.41) is 2.75. The Balaban J connectivity index is 1.89. The number of nitrogens with one attached hydrogen (secondary N) is 1. The van der Waals surface area contributed by atoms with Crippen molar-refractivity contribution in [2.45, 2.75) is 13.0 Å². The van der Waals surface area contributed by atoms with Gasteiger partial charge in [0, 0.05) is 25.4 Å². The number of ether oxygens (including phenoxy) is 1. The number of anilines is 1. The maximum atomic E-state index is 14.4. The van der Waals surface area contributed by atoms with Crippen LogP contribution in [0.15, 0.2) is 72.8 Å². The summed E-state index contributed by atoms with van der Waals surface area (Å²) in [7, 11) is 1.55. The van der Waals surface area contributed by atoms with Crippen LogP contribution in [-0.4, -0.2) is 32.1 Å². The fourth-order valence-corrected chi connectivity index (χ4v) is 3.23. The molecule has 0 aromatic heterocycles. The molecule has 0 spiro atoms. The Morgan fingerprint density at radius 2 is 1.69 bits per heavy atom. The van der Waals surface area contributed by atoms with Crippen molar-refractivity contribution in [1.29, 1.82) is 0 Å². The van der Waals surface area contributed by atoms with Crippen LogP contribution in [0.1, 0.15) is 21.5 Å². The van der Waals surface area contributed by atoms with Crippen molar-refractivity contribution in [2.24, 2.45) is 0 Å². The zero-order chi connectivity index (χ0) is 22.9. The number of methoxy groups -OCH3 is 1. The Kier molecular flexibility index (Phi) is 8.05. The van der Waals surface area contributed by atoms with E-state index in [0.717, 1.165) is 17.7 Å². The lowest BCUT2D eigenvalue weighted by Crippen LogP contribution is -2.31. The zero-order valence-corrected chi connectivity index (χ0v) is 17.7. The number of amides is 2. The Morgan fingerprint density at radius 3 is 2.41 bits per heavy atom. The highest BCUT2D eigenvalue weighted by molar-refractivity contribution is 6.06. The van der Waals surface area contributed by atoms with Gasteiger partial charge in [0.2, 0.25) is 5.91 Å². The molecule has 3 aromatic rings. The number of benzene rings is 3. The average Bonchev–Trinajstić information content (AvgIpc) is 2.78. The third kappa shape index (κ3) is 6.21. The number of halogens is 2. The molecule has 0 aliphatic rings. The summed E-state index contributed by atoms with van der Waals surface area (Å²) in [6.07, 6.45) is 0.121. The molecule has 32 heavy (non-hydrogen) atoms. The summed E-state index contributed by atoms with van der Waals surface area (Å²) in [6.45, 7) is 0.992. The van der Waals surface area contributed by atoms with Crippen LogP contribution in [-0.2, 0) is 22.5 Å². The fourth-order valence-electron chi connectivity index (χ4n) is 3.23. The van der Waals surface area contributed by atoms with Crippen molar-refractivity contribution in [3.8, 4) is 0 Å². The number of carbonyl (C=O) groups excluding carboxylic acids is 2. The van der Waals surface area contributed by atoms with E-state index < -0.39 is 17.5 Å². The van der Waals surface area contributed by atoms with Gasteiger partial charge in [0.25, 0.3) is 5.91 Å². The second-order valence-electron chi connectivity index (χ2n) is 7.19. The highest BCUT2D eigenvalue weighted by atomic mass is 19.1. The molecule has 3 aromatic carbocycles. The molecule has 0 fully saturated rings. The van der Waals surface area contributed by atoms with E-state index in [0.29, 0.717) is 30.5 Å². The molecule has 0 aliphatic heterocycles. The molecule has 0 saturated carbocycles. The number of hydrogen-bond acceptors (Lipinski definition) is 3. The van der Waals surface area contributed by atoms with Crippen molar-refractivity contribution in [1.82, 2.24) is 5.32 Å². The summed E-state index contributed by atoms with van der Waals surface area (Å²) < 4.78 is 32.6. The Bertz CT molecular complexity index is 1070. The molecule has 0 saturated heterocycles. The quantitative estimate of drug-likeness (QED) is 0.512. The molecule has 1 N–H and O–H groups in total. The molecule has 5 nitrogen and oxygen atoms in total. The molecule has 0 aliphatic carbocycles. The summed E-state index contributed by atoms with van der Waals surface area (Å²) in [6, 6.07) is 19.1. The van der Waals surface area contributed by atoms with E-state index in [9.17, 15) is 18.4 Å². The van der Waals surface area contributed by atoms with Gasteiger partial charge in [-0.1, -0.05) is 42.5 Å². The van der Waals surface area contributed by atoms with Crippen molar-refractivity contribution in [3.63, 3.8) is 0 Å². The lowest BCUT2D eigenvalue weighted by atomic mass is 10.1. The minimum Gasteiger partial charge on any atom is -0.383 e. The first-order chi connectivity index (χ1) is 15.5. The standard InChI is InChI=1S/C25H24F2N2O3/c1-32-13-12-28-24(30)15-19-8-5-9-21(14-19)29(17-18-6-3-2-4-7-18)25(31)22-11-10-20(26)16-23(22)27/h2-11,14,16H,12-13,15,17H2,1H3,(H,28,30). The molecule has 166 valence electrons.